The Balaban J connectivity index is 1.66. The van der Waals surface area contributed by atoms with Gasteiger partial charge in [-0.1, -0.05) is 31.2 Å². The molecule has 3 rings (SSSR count). The molecule has 0 aliphatic heterocycles. The molecule has 0 bridgehead atoms. The Labute approximate surface area is 161 Å². The van der Waals surface area contributed by atoms with Gasteiger partial charge in [0, 0.05) is 0 Å². The number of fused-ring (bicyclic) bond motifs is 1. The molecule has 1 N–H and O–H groups in total. The summed E-state index contributed by atoms with van der Waals surface area (Å²) >= 11 is 0. The molecule has 1 aliphatic carbocycles. The first-order valence-electron chi connectivity index (χ1n) is 9.84. The van der Waals surface area contributed by atoms with Gasteiger partial charge in [0.25, 0.3) is 5.91 Å². The minimum Gasteiger partial charge on any atom is -0.497 e. The molecule has 0 heterocycles. The van der Waals surface area contributed by atoms with E-state index in [0.29, 0.717) is 0 Å². The summed E-state index contributed by atoms with van der Waals surface area (Å²) in [4.78, 5) is 12.7. The van der Waals surface area contributed by atoms with Crippen LogP contribution in [0.1, 0.15) is 55.8 Å². The molecular weight excluding hydrogens is 338 g/mol. The fraction of sp³-hybridized carbons (Fsp3) is 0.435. The first-order valence-corrected chi connectivity index (χ1v) is 9.84. The lowest BCUT2D eigenvalue weighted by molar-refractivity contribution is -0.128. The highest BCUT2D eigenvalue weighted by molar-refractivity contribution is 5.81. The van der Waals surface area contributed by atoms with Crippen molar-refractivity contribution in [2.24, 2.45) is 0 Å². The zero-order valence-electron chi connectivity index (χ0n) is 16.5. The molecule has 2 aromatic carbocycles. The van der Waals surface area contributed by atoms with Crippen LogP contribution in [0, 0.1) is 0 Å². The second-order valence-electron chi connectivity index (χ2n) is 7.10. The molecule has 4 nitrogen and oxygen atoms in total. The summed E-state index contributed by atoms with van der Waals surface area (Å²) in [6.45, 7) is 3.88. The van der Waals surface area contributed by atoms with Crippen molar-refractivity contribution in [2.75, 3.05) is 7.11 Å². The van der Waals surface area contributed by atoms with Crippen LogP contribution in [0.25, 0.3) is 0 Å². The molecule has 2 aromatic rings. The van der Waals surface area contributed by atoms with Crippen LogP contribution < -0.4 is 14.8 Å². The fourth-order valence-electron chi connectivity index (χ4n) is 3.65. The Morgan fingerprint density at radius 1 is 1.11 bits per heavy atom. The zero-order valence-corrected chi connectivity index (χ0v) is 16.5. The summed E-state index contributed by atoms with van der Waals surface area (Å²) < 4.78 is 11.3. The lowest BCUT2D eigenvalue weighted by Crippen LogP contribution is -2.38. The number of carbonyl (C=O) groups excluding carboxylic acids is 1. The van der Waals surface area contributed by atoms with Gasteiger partial charge in [-0.25, -0.2) is 0 Å². The number of amides is 1. The minimum atomic E-state index is -0.536. The minimum absolute atomic E-state index is 0.0425. The Morgan fingerprint density at radius 3 is 2.56 bits per heavy atom. The molecule has 2 atom stereocenters. The quantitative estimate of drug-likeness (QED) is 0.777. The third-order valence-corrected chi connectivity index (χ3v) is 5.27. The summed E-state index contributed by atoms with van der Waals surface area (Å²) in [5.74, 6) is 1.57. The third-order valence-electron chi connectivity index (χ3n) is 5.27. The number of hydrogen-bond donors (Lipinski definition) is 1. The van der Waals surface area contributed by atoms with E-state index in [1.54, 1.807) is 7.11 Å². The molecule has 1 aliphatic rings. The number of carbonyl (C=O) groups is 1. The van der Waals surface area contributed by atoms with E-state index in [1.165, 1.54) is 24.0 Å². The number of rotatable bonds is 7. The van der Waals surface area contributed by atoms with E-state index >= 15 is 0 Å². The Morgan fingerprint density at radius 2 is 1.85 bits per heavy atom. The molecule has 27 heavy (non-hydrogen) atoms. The van der Waals surface area contributed by atoms with E-state index in [-0.39, 0.29) is 11.9 Å². The largest absolute Gasteiger partial charge is 0.497 e. The average molecular weight is 367 g/mol. The van der Waals surface area contributed by atoms with Gasteiger partial charge in [-0.2, -0.15) is 0 Å². The molecule has 0 saturated heterocycles. The SMILES string of the molecule is CC[C@@H](NC(=O)[C@@H](C)Oc1cccc2c1CCCC2)c1ccc(OC)cc1. The first kappa shape index (κ1) is 19.3. The smallest absolute Gasteiger partial charge is 0.261 e. The summed E-state index contributed by atoms with van der Waals surface area (Å²) in [5, 5.41) is 3.12. The van der Waals surface area contributed by atoms with Crippen LogP contribution in [-0.2, 0) is 17.6 Å². The second-order valence-corrected chi connectivity index (χ2v) is 7.10. The van der Waals surface area contributed by atoms with Crippen molar-refractivity contribution in [1.29, 1.82) is 0 Å². The van der Waals surface area contributed by atoms with Gasteiger partial charge in [0.15, 0.2) is 6.10 Å². The Bertz CT molecular complexity index is 770. The molecule has 0 radical (unpaired) electrons. The normalized spacial score (nSPS) is 15.4. The number of nitrogens with one attached hydrogen (secondary N) is 1. The molecule has 0 fully saturated rings. The van der Waals surface area contributed by atoms with Crippen LogP contribution in [-0.4, -0.2) is 19.1 Å². The van der Waals surface area contributed by atoms with E-state index in [1.807, 2.05) is 43.3 Å². The van der Waals surface area contributed by atoms with Crippen LogP contribution >= 0.6 is 0 Å². The highest BCUT2D eigenvalue weighted by atomic mass is 16.5. The van der Waals surface area contributed by atoms with Crippen molar-refractivity contribution in [3.05, 3.63) is 59.2 Å². The van der Waals surface area contributed by atoms with Crippen LogP contribution in [0.4, 0.5) is 0 Å². The monoisotopic (exact) mass is 367 g/mol. The summed E-state index contributed by atoms with van der Waals surface area (Å²) in [5.41, 5.74) is 3.69. The first-order chi connectivity index (χ1) is 13.1. The maximum Gasteiger partial charge on any atom is 0.261 e. The highest BCUT2D eigenvalue weighted by Crippen LogP contribution is 2.30. The number of aryl methyl sites for hydroxylation is 1. The molecular formula is C23H29NO3. The molecule has 1 amide bonds. The Hall–Kier alpha value is -2.49. The topological polar surface area (TPSA) is 47.6 Å². The summed E-state index contributed by atoms with van der Waals surface area (Å²) in [6.07, 6.45) is 4.82. The van der Waals surface area contributed by atoms with E-state index in [2.05, 4.69) is 18.3 Å². The maximum absolute atomic E-state index is 12.7. The van der Waals surface area contributed by atoms with Gasteiger partial charge in [-0.3, -0.25) is 4.79 Å². The predicted molar refractivity (Wildman–Crippen MR) is 107 cm³/mol. The van der Waals surface area contributed by atoms with Crippen molar-refractivity contribution in [2.45, 2.75) is 58.1 Å². The van der Waals surface area contributed by atoms with Crippen LogP contribution in [0.15, 0.2) is 42.5 Å². The van der Waals surface area contributed by atoms with E-state index in [4.69, 9.17) is 9.47 Å². The maximum atomic E-state index is 12.7. The van der Waals surface area contributed by atoms with Gasteiger partial charge in [0.05, 0.1) is 13.2 Å². The fourth-order valence-corrected chi connectivity index (χ4v) is 3.65. The van der Waals surface area contributed by atoms with E-state index in [0.717, 1.165) is 36.3 Å². The van der Waals surface area contributed by atoms with Gasteiger partial charge >= 0.3 is 0 Å². The van der Waals surface area contributed by atoms with Crippen molar-refractivity contribution >= 4 is 5.91 Å². The molecule has 0 saturated carbocycles. The van der Waals surface area contributed by atoms with Gasteiger partial charge in [0.1, 0.15) is 11.5 Å². The van der Waals surface area contributed by atoms with Crippen molar-refractivity contribution in [3.8, 4) is 11.5 Å². The number of methoxy groups -OCH3 is 1. The molecule has 4 heteroatoms. The lowest BCUT2D eigenvalue weighted by atomic mass is 9.91. The standard InChI is InChI=1S/C23H29NO3/c1-4-21(18-12-14-19(26-3)15-13-18)24-23(25)16(2)27-22-11-7-9-17-8-5-6-10-20(17)22/h7,9,11-16,21H,4-6,8,10H2,1-3H3,(H,24,25)/t16-,21-/m1/s1. The molecule has 144 valence electrons. The molecule has 0 spiro atoms. The van der Waals surface area contributed by atoms with Crippen molar-refractivity contribution < 1.29 is 14.3 Å². The second kappa shape index (κ2) is 8.94. The molecule has 0 aromatic heterocycles. The average Bonchev–Trinajstić information content (AvgIpc) is 2.72. The summed E-state index contributed by atoms with van der Waals surface area (Å²) in [7, 11) is 1.65. The van der Waals surface area contributed by atoms with Gasteiger partial charge in [-0.15, -0.1) is 0 Å². The zero-order chi connectivity index (χ0) is 19.2. The predicted octanol–water partition coefficient (Wildman–Crippen LogP) is 4.61. The van der Waals surface area contributed by atoms with Crippen molar-refractivity contribution in [3.63, 3.8) is 0 Å². The number of ether oxygens (including phenoxy) is 2. The highest BCUT2D eigenvalue weighted by Gasteiger charge is 2.22. The third kappa shape index (κ3) is 4.62. The van der Waals surface area contributed by atoms with Crippen LogP contribution in [0.2, 0.25) is 0 Å². The van der Waals surface area contributed by atoms with Gasteiger partial charge < -0.3 is 14.8 Å². The lowest BCUT2D eigenvalue weighted by Gasteiger charge is -2.24. The Kier molecular flexibility index (Phi) is 6.38. The van der Waals surface area contributed by atoms with Crippen LogP contribution in [0.3, 0.4) is 0 Å². The van der Waals surface area contributed by atoms with Gasteiger partial charge in [-0.05, 0) is 73.9 Å². The van der Waals surface area contributed by atoms with Crippen molar-refractivity contribution in [1.82, 2.24) is 5.32 Å². The number of hydrogen-bond acceptors (Lipinski definition) is 3. The van der Waals surface area contributed by atoms with Gasteiger partial charge in [0.2, 0.25) is 0 Å². The van der Waals surface area contributed by atoms with Crippen LogP contribution in [0.5, 0.6) is 11.5 Å². The molecule has 0 unspecified atom stereocenters. The van der Waals surface area contributed by atoms with E-state index < -0.39 is 6.10 Å². The van der Waals surface area contributed by atoms with E-state index in [9.17, 15) is 4.79 Å². The summed E-state index contributed by atoms with van der Waals surface area (Å²) in [6, 6.07) is 14.0. The number of benzene rings is 2.